The lowest BCUT2D eigenvalue weighted by molar-refractivity contribution is -0.137. The van der Waals surface area contributed by atoms with E-state index in [1.54, 1.807) is 27.7 Å². The van der Waals surface area contributed by atoms with E-state index in [9.17, 15) is 27.9 Å². The van der Waals surface area contributed by atoms with Crippen LogP contribution in [0.25, 0.3) is 11.3 Å². The molecule has 1 aromatic carbocycles. The molecular formula is C31H41F3N6O4. The number of benzene rings is 1. The number of aliphatic hydroxyl groups excluding tert-OH is 1. The summed E-state index contributed by atoms with van der Waals surface area (Å²) in [6.45, 7) is 7.90. The second-order valence-corrected chi connectivity index (χ2v) is 12.4. The number of carbonyl (C=O) groups excluding carboxylic acids is 2. The molecule has 44 heavy (non-hydrogen) atoms. The fraction of sp³-hybridized carbons (Fsp3) is 0.548. The fourth-order valence-corrected chi connectivity index (χ4v) is 4.88. The van der Waals surface area contributed by atoms with Crippen molar-refractivity contribution in [2.24, 2.45) is 5.41 Å². The van der Waals surface area contributed by atoms with Gasteiger partial charge in [-0.1, -0.05) is 52.7 Å². The Balaban J connectivity index is 1.40. The van der Waals surface area contributed by atoms with Gasteiger partial charge in [0.25, 0.3) is 5.91 Å². The van der Waals surface area contributed by atoms with Gasteiger partial charge in [-0.05, 0) is 37.8 Å². The zero-order valence-electron chi connectivity index (χ0n) is 25.5. The predicted molar refractivity (Wildman–Crippen MR) is 159 cm³/mol. The summed E-state index contributed by atoms with van der Waals surface area (Å²) in [7, 11) is 0. The molecule has 0 saturated heterocycles. The molecule has 2 heterocycles. The summed E-state index contributed by atoms with van der Waals surface area (Å²) < 4.78 is 48.1. The highest BCUT2D eigenvalue weighted by Gasteiger charge is 2.33. The van der Waals surface area contributed by atoms with Crippen LogP contribution in [0, 0.1) is 5.41 Å². The van der Waals surface area contributed by atoms with Crippen LogP contribution in [0.4, 0.5) is 23.8 Å². The number of rotatable bonds is 12. The minimum absolute atomic E-state index is 0.220. The van der Waals surface area contributed by atoms with E-state index in [-0.39, 0.29) is 12.6 Å². The van der Waals surface area contributed by atoms with Crippen LogP contribution in [-0.4, -0.2) is 54.7 Å². The van der Waals surface area contributed by atoms with Gasteiger partial charge < -0.3 is 25.0 Å². The van der Waals surface area contributed by atoms with Gasteiger partial charge in [-0.15, -0.1) is 0 Å². The first kappa shape index (κ1) is 33.0. The number of halogens is 3. The van der Waals surface area contributed by atoms with Crippen molar-refractivity contribution in [2.45, 2.75) is 103 Å². The molecule has 1 aliphatic carbocycles. The molecule has 4 rings (SSSR count). The molecule has 0 aliphatic heterocycles. The third-order valence-electron chi connectivity index (χ3n) is 7.90. The maximum atomic E-state index is 13.1. The monoisotopic (exact) mass is 618 g/mol. The van der Waals surface area contributed by atoms with Crippen molar-refractivity contribution in [3.63, 3.8) is 0 Å². The number of aliphatic hydroxyl groups is 1. The number of imidazole rings is 1. The van der Waals surface area contributed by atoms with E-state index in [2.05, 4.69) is 20.7 Å². The number of ether oxygens (including phenoxy) is 1. The normalized spacial score (nSPS) is 16.1. The van der Waals surface area contributed by atoms with Crippen molar-refractivity contribution in [2.75, 3.05) is 5.32 Å². The van der Waals surface area contributed by atoms with E-state index in [0.29, 0.717) is 29.9 Å². The maximum Gasteiger partial charge on any atom is 0.416 e. The number of nitrogens with one attached hydrogen (secondary N) is 2. The molecule has 2 amide bonds. The third-order valence-corrected chi connectivity index (χ3v) is 7.90. The molecule has 10 nitrogen and oxygen atoms in total. The average molecular weight is 619 g/mol. The number of alkyl halides is 3. The van der Waals surface area contributed by atoms with Gasteiger partial charge in [0.2, 0.25) is 0 Å². The van der Waals surface area contributed by atoms with Crippen LogP contribution in [0.1, 0.15) is 77.8 Å². The predicted octanol–water partition coefficient (Wildman–Crippen LogP) is 6.19. The van der Waals surface area contributed by atoms with Crippen molar-refractivity contribution in [3.8, 4) is 11.3 Å². The van der Waals surface area contributed by atoms with Gasteiger partial charge in [0.05, 0.1) is 42.4 Å². The van der Waals surface area contributed by atoms with Crippen LogP contribution in [0.2, 0.25) is 0 Å². The van der Waals surface area contributed by atoms with Crippen molar-refractivity contribution in [1.82, 2.24) is 24.6 Å². The smallest absolute Gasteiger partial charge is 0.416 e. The second-order valence-electron chi connectivity index (χ2n) is 12.4. The summed E-state index contributed by atoms with van der Waals surface area (Å²) in [4.78, 5) is 30.5. The first-order valence-electron chi connectivity index (χ1n) is 14.9. The number of aromatic nitrogens is 4. The zero-order chi connectivity index (χ0) is 32.1. The van der Waals surface area contributed by atoms with Gasteiger partial charge in [0, 0.05) is 23.2 Å². The Morgan fingerprint density at radius 3 is 2.43 bits per heavy atom. The second kappa shape index (κ2) is 13.8. The number of nitrogens with zero attached hydrogens (tertiary/aromatic N) is 4. The lowest BCUT2D eigenvalue weighted by Crippen LogP contribution is -2.50. The summed E-state index contributed by atoms with van der Waals surface area (Å²) in [6.07, 6.45) is 2.31. The van der Waals surface area contributed by atoms with Crippen LogP contribution >= 0.6 is 0 Å². The van der Waals surface area contributed by atoms with Crippen LogP contribution in [0.15, 0.2) is 49.1 Å². The van der Waals surface area contributed by atoms with Gasteiger partial charge in [-0.3, -0.25) is 4.79 Å². The Hall–Kier alpha value is -3.87. The molecular weight excluding hydrogens is 577 g/mol. The number of amides is 2. The minimum atomic E-state index is -4.43. The quantitative estimate of drug-likeness (QED) is 0.223. The molecule has 2 aromatic heterocycles. The van der Waals surface area contributed by atoms with E-state index >= 15 is 0 Å². The van der Waals surface area contributed by atoms with E-state index in [0.717, 1.165) is 37.8 Å². The van der Waals surface area contributed by atoms with E-state index in [4.69, 9.17) is 4.74 Å². The number of hydrogen-bond donors (Lipinski definition) is 3. The van der Waals surface area contributed by atoms with Crippen molar-refractivity contribution in [3.05, 3.63) is 54.6 Å². The van der Waals surface area contributed by atoms with Gasteiger partial charge in [0.15, 0.2) is 6.10 Å². The third kappa shape index (κ3) is 8.40. The van der Waals surface area contributed by atoms with Gasteiger partial charge in [0.1, 0.15) is 11.9 Å². The van der Waals surface area contributed by atoms with Crippen LogP contribution in [0.3, 0.4) is 0 Å². The van der Waals surface area contributed by atoms with Crippen LogP contribution in [-0.2, 0) is 22.3 Å². The maximum absolute atomic E-state index is 13.1. The largest absolute Gasteiger partial charge is 0.444 e. The highest BCUT2D eigenvalue weighted by molar-refractivity contribution is 5.94. The number of alkyl carbamates (subject to hydrolysis) is 1. The Bertz CT molecular complexity index is 1390. The molecule has 13 heteroatoms. The molecule has 3 aromatic rings. The molecule has 1 fully saturated rings. The van der Waals surface area contributed by atoms with E-state index in [1.807, 2.05) is 27.7 Å². The van der Waals surface area contributed by atoms with Crippen molar-refractivity contribution >= 4 is 17.8 Å². The highest BCUT2D eigenvalue weighted by Crippen LogP contribution is 2.33. The molecule has 3 atom stereocenters. The molecule has 0 spiro atoms. The molecule has 1 aliphatic rings. The molecule has 0 bridgehead atoms. The van der Waals surface area contributed by atoms with Crippen molar-refractivity contribution < 1.29 is 32.6 Å². The highest BCUT2D eigenvalue weighted by atomic mass is 19.4. The fourth-order valence-electron chi connectivity index (χ4n) is 4.88. The summed E-state index contributed by atoms with van der Waals surface area (Å²) in [5.74, 6) is -0.145. The minimum Gasteiger partial charge on any atom is -0.444 e. The van der Waals surface area contributed by atoms with Gasteiger partial charge in [-0.25, -0.2) is 14.5 Å². The summed E-state index contributed by atoms with van der Waals surface area (Å²) in [5.41, 5.74) is -0.258. The molecule has 0 radical (unpaired) electrons. The lowest BCUT2D eigenvalue weighted by Gasteiger charge is -2.32. The Morgan fingerprint density at radius 1 is 1.14 bits per heavy atom. The van der Waals surface area contributed by atoms with Crippen LogP contribution < -0.4 is 10.6 Å². The van der Waals surface area contributed by atoms with E-state index < -0.39 is 47.4 Å². The standard InChI is InChI=1S/C31H41F3N6O4/c1-5-6-10-23(27(41)28(42)38-26-15-16-36-40(26)22-8-7-9-22)37-29(43)44-25(30(2,3)4)18-39-17-24(35-19-39)20-11-13-21(14-12-20)31(32,33)34/h11-17,19,22-23,25,27,41H,5-10,18H2,1-4H3,(H,37,43)(H,38,42)/t23-,25?,27-/m0/s1. The van der Waals surface area contributed by atoms with Crippen LogP contribution in [0.5, 0.6) is 0 Å². The van der Waals surface area contributed by atoms with Gasteiger partial charge in [-0.2, -0.15) is 18.3 Å². The summed E-state index contributed by atoms with van der Waals surface area (Å²) in [6, 6.07) is 5.75. The first-order valence-corrected chi connectivity index (χ1v) is 14.9. The van der Waals surface area contributed by atoms with Gasteiger partial charge >= 0.3 is 12.3 Å². The Kier molecular flexibility index (Phi) is 10.4. The Labute approximate surface area is 255 Å². The van der Waals surface area contributed by atoms with Crippen molar-refractivity contribution in [1.29, 1.82) is 0 Å². The summed E-state index contributed by atoms with van der Waals surface area (Å²) >= 11 is 0. The average Bonchev–Trinajstić information content (AvgIpc) is 3.58. The molecule has 3 N–H and O–H groups in total. The SMILES string of the molecule is CCCC[C@H](NC(=O)OC(Cn1cnc(-c2ccc(C(F)(F)F)cc2)c1)C(C)(C)C)[C@H](O)C(=O)Nc1ccnn1C1CCC1. The number of carbonyl (C=O) groups is 2. The Morgan fingerprint density at radius 2 is 1.84 bits per heavy atom. The topological polar surface area (TPSA) is 123 Å². The molecule has 1 unspecified atom stereocenters. The van der Waals surface area contributed by atoms with E-state index in [1.165, 1.54) is 18.5 Å². The zero-order valence-corrected chi connectivity index (χ0v) is 25.5. The summed E-state index contributed by atoms with van der Waals surface area (Å²) in [5, 5.41) is 20.7. The first-order chi connectivity index (χ1) is 20.8. The number of anilines is 1. The molecule has 240 valence electrons. The molecule has 1 saturated carbocycles. The lowest BCUT2D eigenvalue weighted by atomic mass is 9.89. The number of hydrogen-bond acceptors (Lipinski definition) is 6. The number of unbranched alkanes of at least 4 members (excludes halogenated alkanes) is 1.